The number of carbonyl (C=O) groups is 3. The molecule has 0 aromatic heterocycles. The van der Waals surface area contributed by atoms with Crippen molar-refractivity contribution in [2.45, 2.75) is 91.5 Å². The standard InChI is InChI=1S/C23H37NO4/c1-21(2,3)24-20(28)17-8-7-15-14-6-9-18(25)23(5,13-11-19(26)27)16(14)10-12-22(15,17)4/h14-17H,6-13H2,1-5H3,(H,24,28)(H,26,27)/t14?,15?,16?,17?,22-,23+/m0/s1. The van der Waals surface area contributed by atoms with E-state index >= 15 is 0 Å². The summed E-state index contributed by atoms with van der Waals surface area (Å²) in [6, 6.07) is 0. The molecular weight excluding hydrogens is 354 g/mol. The van der Waals surface area contributed by atoms with Gasteiger partial charge in [0.25, 0.3) is 0 Å². The molecule has 158 valence electrons. The zero-order valence-corrected chi connectivity index (χ0v) is 18.1. The maximum atomic E-state index is 13.0. The molecule has 4 unspecified atom stereocenters. The molecule has 28 heavy (non-hydrogen) atoms. The molecule has 0 spiro atoms. The second kappa shape index (κ2) is 7.14. The second-order valence-corrected chi connectivity index (χ2v) is 11.1. The number of ketones is 1. The van der Waals surface area contributed by atoms with Gasteiger partial charge in [0.1, 0.15) is 5.78 Å². The van der Waals surface area contributed by atoms with Crippen molar-refractivity contribution in [1.82, 2.24) is 5.32 Å². The number of aliphatic carboxylic acids is 1. The van der Waals surface area contributed by atoms with Crippen LogP contribution < -0.4 is 5.32 Å². The van der Waals surface area contributed by atoms with Crippen molar-refractivity contribution < 1.29 is 19.5 Å². The van der Waals surface area contributed by atoms with Gasteiger partial charge in [-0.15, -0.1) is 0 Å². The zero-order chi connectivity index (χ0) is 20.9. The van der Waals surface area contributed by atoms with Crippen molar-refractivity contribution in [3.05, 3.63) is 0 Å². The number of carboxylic acid groups (broad SMARTS) is 1. The van der Waals surface area contributed by atoms with Crippen LogP contribution in [0, 0.1) is 34.5 Å². The Morgan fingerprint density at radius 2 is 1.79 bits per heavy atom. The molecular formula is C23H37NO4. The third-order valence-electron chi connectivity index (χ3n) is 8.27. The Labute approximate surface area is 169 Å². The van der Waals surface area contributed by atoms with Crippen molar-refractivity contribution >= 4 is 17.7 Å². The Morgan fingerprint density at radius 3 is 2.39 bits per heavy atom. The van der Waals surface area contributed by atoms with E-state index in [2.05, 4.69) is 12.2 Å². The number of carboxylic acids is 1. The second-order valence-electron chi connectivity index (χ2n) is 11.1. The van der Waals surface area contributed by atoms with Crippen LogP contribution in [0.15, 0.2) is 0 Å². The van der Waals surface area contributed by atoms with E-state index < -0.39 is 11.4 Å². The van der Waals surface area contributed by atoms with Gasteiger partial charge in [0.05, 0.1) is 0 Å². The zero-order valence-electron chi connectivity index (χ0n) is 18.1. The highest BCUT2D eigenvalue weighted by Crippen LogP contribution is 2.64. The van der Waals surface area contributed by atoms with E-state index in [-0.39, 0.29) is 40.9 Å². The van der Waals surface area contributed by atoms with Crippen LogP contribution in [0.1, 0.15) is 86.0 Å². The summed E-state index contributed by atoms with van der Waals surface area (Å²) in [5, 5.41) is 12.4. The molecule has 0 saturated heterocycles. The Balaban J connectivity index is 1.82. The molecule has 0 heterocycles. The van der Waals surface area contributed by atoms with E-state index in [1.54, 1.807) is 0 Å². The van der Waals surface area contributed by atoms with E-state index in [0.717, 1.165) is 32.1 Å². The van der Waals surface area contributed by atoms with Crippen molar-refractivity contribution in [3.8, 4) is 0 Å². The van der Waals surface area contributed by atoms with Crippen molar-refractivity contribution in [1.29, 1.82) is 0 Å². The van der Waals surface area contributed by atoms with Gasteiger partial charge in [-0.1, -0.05) is 13.8 Å². The Morgan fingerprint density at radius 1 is 1.11 bits per heavy atom. The fourth-order valence-electron chi connectivity index (χ4n) is 6.85. The summed E-state index contributed by atoms with van der Waals surface area (Å²) in [7, 11) is 0. The summed E-state index contributed by atoms with van der Waals surface area (Å²) in [6.07, 6.45) is 5.82. The van der Waals surface area contributed by atoms with Crippen LogP contribution in [0.3, 0.4) is 0 Å². The molecule has 5 nitrogen and oxygen atoms in total. The van der Waals surface area contributed by atoms with Crippen LogP contribution in [0.2, 0.25) is 0 Å². The predicted octanol–water partition coefficient (Wildman–Crippen LogP) is 4.19. The average molecular weight is 392 g/mol. The Hall–Kier alpha value is -1.39. The first-order valence-corrected chi connectivity index (χ1v) is 11.0. The molecule has 3 fully saturated rings. The summed E-state index contributed by atoms with van der Waals surface area (Å²) in [5.74, 6) is 0.796. The molecule has 0 aromatic carbocycles. The van der Waals surface area contributed by atoms with Gasteiger partial charge < -0.3 is 10.4 Å². The normalized spacial score (nSPS) is 40.5. The van der Waals surface area contributed by atoms with E-state index in [4.69, 9.17) is 5.11 Å². The molecule has 0 aliphatic heterocycles. The minimum atomic E-state index is -0.823. The average Bonchev–Trinajstić information content (AvgIpc) is 2.92. The molecule has 3 saturated carbocycles. The maximum absolute atomic E-state index is 13.0. The first kappa shape index (κ1) is 21.3. The molecule has 3 aliphatic carbocycles. The molecule has 3 aliphatic rings. The number of Topliss-reactive ketones (excluding diaryl/α,β-unsaturated/α-hetero) is 1. The van der Waals surface area contributed by atoms with E-state index in [1.165, 1.54) is 0 Å². The van der Waals surface area contributed by atoms with Crippen LogP contribution in [0.25, 0.3) is 0 Å². The van der Waals surface area contributed by atoms with Gasteiger partial charge in [-0.05, 0) is 82.5 Å². The summed E-state index contributed by atoms with van der Waals surface area (Å²) < 4.78 is 0. The highest BCUT2D eigenvalue weighted by atomic mass is 16.4. The van der Waals surface area contributed by atoms with E-state index in [9.17, 15) is 14.4 Å². The summed E-state index contributed by atoms with van der Waals surface area (Å²) in [4.78, 5) is 37.0. The molecule has 0 aromatic rings. The lowest BCUT2D eigenvalue weighted by molar-refractivity contribution is -0.150. The largest absolute Gasteiger partial charge is 0.481 e. The number of fused-ring (bicyclic) bond motifs is 3. The van der Waals surface area contributed by atoms with Crippen molar-refractivity contribution in [3.63, 3.8) is 0 Å². The molecule has 5 heteroatoms. The third kappa shape index (κ3) is 3.61. The topological polar surface area (TPSA) is 83.5 Å². The molecule has 3 rings (SSSR count). The number of hydrogen-bond acceptors (Lipinski definition) is 3. The highest BCUT2D eigenvalue weighted by molar-refractivity contribution is 5.86. The third-order valence-corrected chi connectivity index (χ3v) is 8.27. The van der Waals surface area contributed by atoms with Crippen LogP contribution in [0.4, 0.5) is 0 Å². The van der Waals surface area contributed by atoms with Gasteiger partial charge in [-0.25, -0.2) is 0 Å². The molecule has 6 atom stereocenters. The van der Waals surface area contributed by atoms with E-state index in [0.29, 0.717) is 24.7 Å². The lowest BCUT2D eigenvalue weighted by Crippen LogP contribution is -2.54. The monoisotopic (exact) mass is 391 g/mol. The lowest BCUT2D eigenvalue weighted by Gasteiger charge is -2.55. The van der Waals surface area contributed by atoms with Gasteiger partial charge in [0, 0.05) is 29.7 Å². The van der Waals surface area contributed by atoms with E-state index in [1.807, 2.05) is 27.7 Å². The lowest BCUT2D eigenvalue weighted by atomic mass is 9.48. The fraction of sp³-hybridized carbons (Fsp3) is 0.870. The number of amides is 1. The molecule has 0 radical (unpaired) electrons. The van der Waals surface area contributed by atoms with Gasteiger partial charge in [0.15, 0.2) is 0 Å². The minimum Gasteiger partial charge on any atom is -0.481 e. The first-order chi connectivity index (χ1) is 12.9. The number of carbonyl (C=O) groups excluding carboxylic acids is 2. The smallest absolute Gasteiger partial charge is 0.303 e. The Bertz CT molecular complexity index is 666. The number of nitrogens with one attached hydrogen (secondary N) is 1. The molecule has 1 amide bonds. The SMILES string of the molecule is CC(C)(C)NC(=O)C1CCC2C3CCC(=O)[C@](C)(CCC(=O)O)C3CC[C@]12C. The fourth-order valence-corrected chi connectivity index (χ4v) is 6.85. The molecule has 2 N–H and O–H groups in total. The van der Waals surface area contributed by atoms with Gasteiger partial charge >= 0.3 is 5.97 Å². The van der Waals surface area contributed by atoms with Crippen LogP contribution in [-0.2, 0) is 14.4 Å². The van der Waals surface area contributed by atoms with Crippen LogP contribution in [0.5, 0.6) is 0 Å². The molecule has 0 bridgehead atoms. The first-order valence-electron chi connectivity index (χ1n) is 11.0. The summed E-state index contributed by atoms with van der Waals surface area (Å²) in [6.45, 7) is 10.4. The number of rotatable bonds is 4. The van der Waals surface area contributed by atoms with Gasteiger partial charge in [0.2, 0.25) is 5.91 Å². The summed E-state index contributed by atoms with van der Waals surface area (Å²) in [5.41, 5.74) is -0.756. The quantitative estimate of drug-likeness (QED) is 0.752. The Kier molecular flexibility index (Phi) is 5.44. The van der Waals surface area contributed by atoms with Crippen molar-refractivity contribution in [2.24, 2.45) is 34.5 Å². The van der Waals surface area contributed by atoms with Crippen molar-refractivity contribution in [2.75, 3.05) is 0 Å². The predicted molar refractivity (Wildman–Crippen MR) is 108 cm³/mol. The maximum Gasteiger partial charge on any atom is 0.303 e. The minimum absolute atomic E-state index is 0.00933. The summed E-state index contributed by atoms with van der Waals surface area (Å²) >= 11 is 0. The van der Waals surface area contributed by atoms with Gasteiger partial charge in [-0.2, -0.15) is 0 Å². The van der Waals surface area contributed by atoms with Crippen LogP contribution >= 0.6 is 0 Å². The van der Waals surface area contributed by atoms with Gasteiger partial charge in [-0.3, -0.25) is 14.4 Å². The highest BCUT2D eigenvalue weighted by Gasteiger charge is 2.60. The van der Waals surface area contributed by atoms with Crippen LogP contribution in [-0.4, -0.2) is 28.3 Å². The number of hydrogen-bond donors (Lipinski definition) is 2.